The minimum Gasteiger partial charge on any atom is -0.463 e. The number of esters is 1. The normalized spacial score (nSPS) is 23.1. The maximum atomic E-state index is 11.9. The van der Waals surface area contributed by atoms with Gasteiger partial charge in [-0.25, -0.2) is 4.79 Å². The molecule has 1 heterocycles. The number of rotatable bonds is 13. The van der Waals surface area contributed by atoms with E-state index in [0.717, 1.165) is 16.7 Å². The van der Waals surface area contributed by atoms with E-state index in [4.69, 9.17) is 23.7 Å². The molecule has 0 unspecified atom stereocenters. The average Bonchev–Trinajstić information content (AvgIpc) is 2.97. The van der Waals surface area contributed by atoms with Gasteiger partial charge in [0.25, 0.3) is 0 Å². The van der Waals surface area contributed by atoms with Crippen LogP contribution in [0.15, 0.2) is 103 Å². The molecule has 1 fully saturated rings. The molecule has 39 heavy (non-hydrogen) atoms. The number of ether oxygens (including phenoxy) is 5. The SMILES string of the molecule is CCOC(=O)C=CC[C@@H]1O[C@@H](C)[C@@H](OCc2ccccc2)[C@@H](OCc2ccccc2)[C@@H]1OCc1ccccc1. The minimum absolute atomic E-state index is 0.257. The zero-order chi connectivity index (χ0) is 27.3. The summed E-state index contributed by atoms with van der Waals surface area (Å²) in [6, 6.07) is 30.2. The van der Waals surface area contributed by atoms with Crippen LogP contribution in [0.2, 0.25) is 0 Å². The summed E-state index contributed by atoms with van der Waals surface area (Å²) in [5, 5.41) is 0. The first-order chi connectivity index (χ1) is 19.1. The van der Waals surface area contributed by atoms with Crippen LogP contribution < -0.4 is 0 Å². The summed E-state index contributed by atoms with van der Waals surface area (Å²) in [6.07, 6.45) is 1.91. The highest BCUT2D eigenvalue weighted by Crippen LogP contribution is 2.32. The Bertz CT molecular complexity index is 1130. The summed E-state index contributed by atoms with van der Waals surface area (Å²) in [4.78, 5) is 11.9. The Morgan fingerprint density at radius 1 is 0.718 bits per heavy atom. The second-order valence-electron chi connectivity index (χ2n) is 9.55. The van der Waals surface area contributed by atoms with Gasteiger partial charge in [-0.15, -0.1) is 0 Å². The van der Waals surface area contributed by atoms with E-state index in [9.17, 15) is 4.79 Å². The van der Waals surface area contributed by atoms with Crippen molar-refractivity contribution in [3.05, 3.63) is 120 Å². The number of carbonyl (C=O) groups excluding carboxylic acids is 1. The van der Waals surface area contributed by atoms with E-state index in [1.54, 1.807) is 13.0 Å². The van der Waals surface area contributed by atoms with Gasteiger partial charge in [-0.3, -0.25) is 0 Å². The van der Waals surface area contributed by atoms with Gasteiger partial charge in [0.15, 0.2) is 0 Å². The maximum absolute atomic E-state index is 11.9. The van der Waals surface area contributed by atoms with Crippen molar-refractivity contribution >= 4 is 5.97 Å². The van der Waals surface area contributed by atoms with Crippen LogP contribution in [0.1, 0.15) is 37.0 Å². The molecule has 1 aliphatic heterocycles. The van der Waals surface area contributed by atoms with Gasteiger partial charge < -0.3 is 23.7 Å². The van der Waals surface area contributed by atoms with E-state index in [0.29, 0.717) is 32.8 Å². The molecule has 0 amide bonds. The van der Waals surface area contributed by atoms with Gasteiger partial charge in [0, 0.05) is 6.08 Å². The third kappa shape index (κ3) is 8.87. The lowest BCUT2D eigenvalue weighted by Crippen LogP contribution is -2.59. The Labute approximate surface area is 231 Å². The number of benzene rings is 3. The van der Waals surface area contributed by atoms with Crippen molar-refractivity contribution in [2.45, 2.75) is 70.6 Å². The molecule has 0 bridgehead atoms. The van der Waals surface area contributed by atoms with Crippen molar-refractivity contribution in [2.75, 3.05) is 6.61 Å². The fourth-order valence-electron chi connectivity index (χ4n) is 4.70. The predicted octanol–water partition coefficient (Wildman–Crippen LogP) is 6.04. The van der Waals surface area contributed by atoms with Crippen molar-refractivity contribution in [3.63, 3.8) is 0 Å². The van der Waals surface area contributed by atoms with Crippen LogP contribution >= 0.6 is 0 Å². The summed E-state index contributed by atoms with van der Waals surface area (Å²) in [7, 11) is 0. The van der Waals surface area contributed by atoms with Crippen molar-refractivity contribution in [2.24, 2.45) is 0 Å². The first-order valence-electron chi connectivity index (χ1n) is 13.6. The molecule has 0 radical (unpaired) electrons. The molecule has 0 spiro atoms. The fraction of sp³-hybridized carbons (Fsp3) is 0.364. The monoisotopic (exact) mass is 530 g/mol. The molecule has 0 saturated carbocycles. The Morgan fingerprint density at radius 3 is 1.67 bits per heavy atom. The lowest BCUT2D eigenvalue weighted by atomic mass is 9.92. The van der Waals surface area contributed by atoms with Crippen molar-refractivity contribution in [1.82, 2.24) is 0 Å². The molecule has 0 N–H and O–H groups in total. The number of carbonyl (C=O) groups is 1. The van der Waals surface area contributed by atoms with Crippen LogP contribution in [0.5, 0.6) is 0 Å². The Morgan fingerprint density at radius 2 is 1.18 bits per heavy atom. The number of hydrogen-bond donors (Lipinski definition) is 0. The van der Waals surface area contributed by atoms with Crippen molar-refractivity contribution in [3.8, 4) is 0 Å². The van der Waals surface area contributed by atoms with Crippen LogP contribution in [0, 0.1) is 0 Å². The predicted molar refractivity (Wildman–Crippen MR) is 150 cm³/mol. The van der Waals surface area contributed by atoms with Crippen LogP contribution in [-0.2, 0) is 48.3 Å². The van der Waals surface area contributed by atoms with Crippen LogP contribution in [0.4, 0.5) is 0 Å². The third-order valence-electron chi connectivity index (χ3n) is 6.63. The Hall–Kier alpha value is -3.29. The molecule has 1 aliphatic rings. The molecule has 1 saturated heterocycles. The molecule has 5 atom stereocenters. The van der Waals surface area contributed by atoms with Crippen molar-refractivity contribution < 1.29 is 28.5 Å². The summed E-state index contributed by atoms with van der Waals surface area (Å²) in [5.74, 6) is -0.371. The highest BCUT2D eigenvalue weighted by molar-refractivity contribution is 5.81. The molecule has 0 aromatic heterocycles. The average molecular weight is 531 g/mol. The van der Waals surface area contributed by atoms with E-state index < -0.39 is 12.2 Å². The molecular formula is C33H38O6. The fourth-order valence-corrected chi connectivity index (χ4v) is 4.70. The molecule has 6 heteroatoms. The van der Waals surface area contributed by atoms with Crippen LogP contribution in [0.3, 0.4) is 0 Å². The molecule has 0 aliphatic carbocycles. The molecule has 4 rings (SSSR count). The first-order valence-corrected chi connectivity index (χ1v) is 13.6. The zero-order valence-electron chi connectivity index (χ0n) is 22.7. The van der Waals surface area contributed by atoms with Gasteiger partial charge in [-0.2, -0.15) is 0 Å². The Kier molecular flexibility index (Phi) is 11.3. The third-order valence-corrected chi connectivity index (χ3v) is 6.63. The summed E-state index contributed by atoms with van der Waals surface area (Å²) in [6.45, 7) is 5.37. The van der Waals surface area contributed by atoms with Crippen LogP contribution in [0.25, 0.3) is 0 Å². The zero-order valence-corrected chi connectivity index (χ0v) is 22.7. The van der Waals surface area contributed by atoms with Crippen LogP contribution in [-0.4, -0.2) is 43.1 Å². The first kappa shape index (κ1) is 28.7. The van der Waals surface area contributed by atoms with E-state index in [2.05, 4.69) is 0 Å². The van der Waals surface area contributed by atoms with E-state index in [1.165, 1.54) is 6.08 Å². The van der Waals surface area contributed by atoms with E-state index in [1.807, 2.05) is 97.9 Å². The summed E-state index contributed by atoms with van der Waals surface area (Å²) in [5.41, 5.74) is 3.20. The van der Waals surface area contributed by atoms with Crippen molar-refractivity contribution in [1.29, 1.82) is 0 Å². The van der Waals surface area contributed by atoms with Gasteiger partial charge in [-0.1, -0.05) is 97.1 Å². The standard InChI is InChI=1S/C33H38O6/c1-3-35-30(34)21-13-20-29-32(37-23-27-16-9-5-10-17-27)33(38-24-28-18-11-6-12-19-28)31(25(2)39-29)36-22-26-14-7-4-8-15-26/h4-19,21,25,29,31-33H,3,20,22-24H2,1-2H3/t25-,29-,31+,32+,33+/m0/s1. The summed E-state index contributed by atoms with van der Waals surface area (Å²) >= 11 is 0. The highest BCUT2D eigenvalue weighted by Gasteiger charge is 2.46. The number of hydrogen-bond acceptors (Lipinski definition) is 6. The van der Waals surface area contributed by atoms with Gasteiger partial charge >= 0.3 is 5.97 Å². The van der Waals surface area contributed by atoms with E-state index in [-0.39, 0.29) is 24.3 Å². The second-order valence-corrected chi connectivity index (χ2v) is 9.55. The van der Waals surface area contributed by atoms with Gasteiger partial charge in [0.05, 0.1) is 38.6 Å². The molecule has 3 aromatic carbocycles. The quantitative estimate of drug-likeness (QED) is 0.198. The van der Waals surface area contributed by atoms with Gasteiger partial charge in [0.2, 0.25) is 0 Å². The largest absolute Gasteiger partial charge is 0.463 e. The topological polar surface area (TPSA) is 63.2 Å². The van der Waals surface area contributed by atoms with E-state index >= 15 is 0 Å². The smallest absolute Gasteiger partial charge is 0.330 e. The minimum atomic E-state index is -0.433. The molecule has 206 valence electrons. The second kappa shape index (κ2) is 15.3. The maximum Gasteiger partial charge on any atom is 0.330 e. The lowest BCUT2D eigenvalue weighted by molar-refractivity contribution is -0.260. The van der Waals surface area contributed by atoms with Gasteiger partial charge in [-0.05, 0) is 37.0 Å². The lowest BCUT2D eigenvalue weighted by Gasteiger charge is -2.45. The van der Waals surface area contributed by atoms with Gasteiger partial charge in [0.1, 0.15) is 18.3 Å². The Balaban J connectivity index is 1.57. The molecule has 6 nitrogen and oxygen atoms in total. The molecule has 3 aromatic rings. The highest BCUT2D eigenvalue weighted by atomic mass is 16.6. The molecular weight excluding hydrogens is 492 g/mol. The summed E-state index contributed by atoms with van der Waals surface area (Å²) < 4.78 is 31.1.